The van der Waals surface area contributed by atoms with Crippen LogP contribution in [0.3, 0.4) is 0 Å². The second-order valence-corrected chi connectivity index (χ2v) is 3.51. The molecule has 0 unspecified atom stereocenters. The zero-order valence-corrected chi connectivity index (χ0v) is 8.83. The van der Waals surface area contributed by atoms with E-state index in [4.69, 9.17) is 5.11 Å². The van der Waals surface area contributed by atoms with Crippen molar-refractivity contribution in [3.05, 3.63) is 64.6 Å². The first-order chi connectivity index (χ1) is 8.20. The van der Waals surface area contributed by atoms with Gasteiger partial charge >= 0.3 is 0 Å². The number of phenolic OH excluding ortho intramolecular Hbond substituents is 1. The van der Waals surface area contributed by atoms with E-state index in [-0.39, 0.29) is 17.2 Å². The van der Waals surface area contributed by atoms with Crippen molar-refractivity contribution in [1.29, 1.82) is 0 Å². The number of hydrogen-bond donors (Lipinski definition) is 1. The molecule has 2 aromatic rings. The van der Waals surface area contributed by atoms with Crippen molar-refractivity contribution in [1.82, 2.24) is 0 Å². The Morgan fingerprint density at radius 1 is 0.882 bits per heavy atom. The van der Waals surface area contributed by atoms with Crippen LogP contribution < -0.4 is 0 Å². The van der Waals surface area contributed by atoms with E-state index in [1.54, 1.807) is 24.3 Å². The monoisotopic (exact) mass is 227 g/mol. The Labute approximate surface area is 97.5 Å². The van der Waals surface area contributed by atoms with Gasteiger partial charge in [0.1, 0.15) is 11.4 Å². The maximum Gasteiger partial charge on any atom is 0.193 e. The Kier molecular flexibility index (Phi) is 2.96. The molecular weight excluding hydrogens is 218 g/mol. The Hall–Kier alpha value is -2.49. The maximum atomic E-state index is 12.0. The number of benzene rings is 2. The van der Waals surface area contributed by atoms with Crippen molar-refractivity contribution < 1.29 is 9.90 Å². The van der Waals surface area contributed by atoms with Crippen LogP contribution in [0.15, 0.2) is 53.7 Å². The van der Waals surface area contributed by atoms with Gasteiger partial charge < -0.3 is 5.11 Å². The largest absolute Gasteiger partial charge is 0.508 e. The predicted molar refractivity (Wildman–Crippen MR) is 63.4 cm³/mol. The second-order valence-electron chi connectivity index (χ2n) is 3.51. The summed E-state index contributed by atoms with van der Waals surface area (Å²) in [5.41, 5.74) is 1.24. The van der Waals surface area contributed by atoms with Gasteiger partial charge in [0.15, 0.2) is 5.78 Å². The van der Waals surface area contributed by atoms with Crippen LogP contribution in [0.1, 0.15) is 15.9 Å². The van der Waals surface area contributed by atoms with Gasteiger partial charge in [-0.2, -0.15) is 0 Å². The quantitative estimate of drug-likeness (QED) is 0.647. The van der Waals surface area contributed by atoms with E-state index in [0.29, 0.717) is 11.1 Å². The molecule has 0 saturated carbocycles. The molecule has 4 nitrogen and oxygen atoms in total. The summed E-state index contributed by atoms with van der Waals surface area (Å²) in [6, 6.07) is 12.1. The average molecular weight is 227 g/mol. The molecule has 0 spiro atoms. The third-order valence-electron chi connectivity index (χ3n) is 2.36. The highest BCUT2D eigenvalue weighted by Crippen LogP contribution is 2.17. The molecule has 0 bridgehead atoms. The molecule has 0 radical (unpaired) electrons. The SMILES string of the molecule is O=Nc1ccc(C(=O)c2ccc(O)cc2)cc1. The van der Waals surface area contributed by atoms with Gasteiger partial charge in [-0.25, -0.2) is 0 Å². The number of rotatable bonds is 3. The number of hydrogen-bond acceptors (Lipinski definition) is 4. The lowest BCUT2D eigenvalue weighted by atomic mass is 10.0. The van der Waals surface area contributed by atoms with E-state index in [0.717, 1.165) is 0 Å². The van der Waals surface area contributed by atoms with E-state index >= 15 is 0 Å². The highest BCUT2D eigenvalue weighted by Gasteiger charge is 2.08. The summed E-state index contributed by atoms with van der Waals surface area (Å²) in [4.78, 5) is 22.2. The highest BCUT2D eigenvalue weighted by molar-refractivity contribution is 6.09. The highest BCUT2D eigenvalue weighted by atomic mass is 16.3. The summed E-state index contributed by atoms with van der Waals surface area (Å²) in [5.74, 6) is -0.0514. The Bertz CT molecular complexity index is 544. The summed E-state index contributed by atoms with van der Waals surface area (Å²) < 4.78 is 0. The fourth-order valence-electron chi connectivity index (χ4n) is 1.45. The van der Waals surface area contributed by atoms with Crippen molar-refractivity contribution >= 4 is 11.5 Å². The first kappa shape index (κ1) is 11.0. The summed E-state index contributed by atoms with van der Waals surface area (Å²) in [5, 5.41) is 11.9. The number of aromatic hydroxyl groups is 1. The predicted octanol–water partition coefficient (Wildman–Crippen LogP) is 3.02. The number of phenols is 1. The van der Waals surface area contributed by atoms with Crippen LogP contribution in [0.25, 0.3) is 0 Å². The van der Waals surface area contributed by atoms with Gasteiger partial charge in [0.25, 0.3) is 0 Å². The molecule has 0 saturated heterocycles. The normalized spacial score (nSPS) is 9.88. The summed E-state index contributed by atoms with van der Waals surface area (Å²) in [6.45, 7) is 0. The number of ketones is 1. The number of carbonyl (C=O) groups is 1. The molecule has 2 rings (SSSR count). The molecule has 0 aliphatic heterocycles. The number of carbonyl (C=O) groups excluding carboxylic acids is 1. The van der Waals surface area contributed by atoms with Crippen LogP contribution in [-0.2, 0) is 0 Å². The number of nitrogens with zero attached hydrogens (tertiary/aromatic N) is 1. The van der Waals surface area contributed by atoms with Gasteiger partial charge in [-0.05, 0) is 53.7 Å². The van der Waals surface area contributed by atoms with Gasteiger partial charge in [0.05, 0.1) is 0 Å². The second kappa shape index (κ2) is 4.57. The van der Waals surface area contributed by atoms with E-state index in [9.17, 15) is 9.70 Å². The first-order valence-electron chi connectivity index (χ1n) is 4.98. The molecule has 0 aromatic heterocycles. The van der Waals surface area contributed by atoms with Crippen LogP contribution >= 0.6 is 0 Å². The molecule has 17 heavy (non-hydrogen) atoms. The lowest BCUT2D eigenvalue weighted by Crippen LogP contribution is -2.00. The van der Waals surface area contributed by atoms with Crippen molar-refractivity contribution in [2.24, 2.45) is 5.18 Å². The molecule has 4 heteroatoms. The molecule has 2 aromatic carbocycles. The van der Waals surface area contributed by atoms with Crippen molar-refractivity contribution in [3.63, 3.8) is 0 Å². The summed E-state index contributed by atoms with van der Waals surface area (Å²) >= 11 is 0. The van der Waals surface area contributed by atoms with E-state index < -0.39 is 0 Å². The van der Waals surface area contributed by atoms with Crippen LogP contribution in [0.4, 0.5) is 5.69 Å². The standard InChI is InChI=1S/C13H9NO3/c15-12-7-3-10(4-8-12)13(16)9-1-5-11(14-17)6-2-9/h1-8,15H. The zero-order chi connectivity index (χ0) is 12.3. The van der Waals surface area contributed by atoms with Gasteiger partial charge in [-0.3, -0.25) is 4.79 Å². The minimum Gasteiger partial charge on any atom is -0.508 e. The van der Waals surface area contributed by atoms with Gasteiger partial charge in [0, 0.05) is 11.1 Å². The van der Waals surface area contributed by atoms with Gasteiger partial charge in [-0.1, -0.05) is 0 Å². The third kappa shape index (κ3) is 2.36. The van der Waals surface area contributed by atoms with Crippen LogP contribution in [-0.4, -0.2) is 10.9 Å². The third-order valence-corrected chi connectivity index (χ3v) is 2.36. The lowest BCUT2D eigenvalue weighted by Gasteiger charge is -2.01. The van der Waals surface area contributed by atoms with Crippen molar-refractivity contribution in [2.75, 3.05) is 0 Å². The molecule has 1 N–H and O–H groups in total. The van der Waals surface area contributed by atoms with Crippen LogP contribution in [0.5, 0.6) is 5.75 Å². The molecule has 0 amide bonds. The minimum absolute atomic E-state index is 0.113. The summed E-state index contributed by atoms with van der Waals surface area (Å²) in [6.07, 6.45) is 0. The molecule has 0 atom stereocenters. The van der Waals surface area contributed by atoms with E-state index in [2.05, 4.69) is 5.18 Å². The smallest absolute Gasteiger partial charge is 0.193 e. The molecule has 0 aliphatic carbocycles. The van der Waals surface area contributed by atoms with Crippen molar-refractivity contribution in [3.8, 4) is 5.75 Å². The number of nitroso groups, excluding NO2 is 1. The lowest BCUT2D eigenvalue weighted by molar-refractivity contribution is 0.103. The molecular formula is C13H9NO3. The van der Waals surface area contributed by atoms with Crippen molar-refractivity contribution in [2.45, 2.75) is 0 Å². The average Bonchev–Trinajstić information content (AvgIpc) is 2.39. The molecule has 0 heterocycles. The minimum atomic E-state index is -0.164. The Morgan fingerprint density at radius 2 is 1.35 bits per heavy atom. The van der Waals surface area contributed by atoms with E-state index in [1.165, 1.54) is 24.3 Å². The topological polar surface area (TPSA) is 66.7 Å². The van der Waals surface area contributed by atoms with Gasteiger partial charge in [-0.15, -0.1) is 4.91 Å². The molecule has 0 fully saturated rings. The molecule has 84 valence electrons. The Morgan fingerprint density at radius 3 is 1.82 bits per heavy atom. The molecule has 0 aliphatic rings. The zero-order valence-electron chi connectivity index (χ0n) is 8.83. The maximum absolute atomic E-state index is 12.0. The first-order valence-corrected chi connectivity index (χ1v) is 4.98. The fourth-order valence-corrected chi connectivity index (χ4v) is 1.45. The van der Waals surface area contributed by atoms with Crippen LogP contribution in [0, 0.1) is 4.91 Å². The van der Waals surface area contributed by atoms with Crippen LogP contribution in [0.2, 0.25) is 0 Å². The summed E-state index contributed by atoms with van der Waals surface area (Å²) in [7, 11) is 0. The van der Waals surface area contributed by atoms with Gasteiger partial charge in [0.2, 0.25) is 0 Å². The fraction of sp³-hybridized carbons (Fsp3) is 0. The van der Waals surface area contributed by atoms with E-state index in [1.807, 2.05) is 0 Å². The Balaban J connectivity index is 2.30.